The van der Waals surface area contributed by atoms with Crippen molar-refractivity contribution in [3.05, 3.63) is 38.8 Å². The second-order valence-electron chi connectivity index (χ2n) is 5.01. The fraction of sp³-hybridized carbons (Fsp3) is 0.385. The van der Waals surface area contributed by atoms with Crippen molar-refractivity contribution < 1.29 is 9.90 Å². The summed E-state index contributed by atoms with van der Waals surface area (Å²) in [5.74, 6) is -1.61. The highest BCUT2D eigenvalue weighted by atomic mass is 16.4. The van der Waals surface area contributed by atoms with E-state index in [9.17, 15) is 19.5 Å². The number of carboxylic acids is 1. The van der Waals surface area contributed by atoms with E-state index in [2.05, 4.69) is 9.97 Å². The first-order valence-electron chi connectivity index (χ1n) is 6.16. The van der Waals surface area contributed by atoms with Crippen molar-refractivity contribution in [2.75, 3.05) is 0 Å². The van der Waals surface area contributed by atoms with E-state index in [1.54, 1.807) is 20.8 Å². The van der Waals surface area contributed by atoms with Gasteiger partial charge in [0.05, 0.1) is 17.1 Å². The molecule has 0 saturated carbocycles. The van der Waals surface area contributed by atoms with Gasteiger partial charge in [-0.3, -0.25) is 9.78 Å². The molecule has 0 aliphatic heterocycles. The Bertz CT molecular complexity index is 788. The molecule has 0 saturated heterocycles. The summed E-state index contributed by atoms with van der Waals surface area (Å²) >= 11 is 0. The fourth-order valence-electron chi connectivity index (χ4n) is 2.28. The van der Waals surface area contributed by atoms with Crippen LogP contribution in [0.3, 0.4) is 0 Å². The Morgan fingerprint density at radius 3 is 2.55 bits per heavy atom. The SMILES string of the molecule is Cc1cncc2[nH]c(=O)n([C@H](C(=O)O)C(C)C)c(=O)c12. The van der Waals surface area contributed by atoms with E-state index in [0.29, 0.717) is 11.1 Å². The van der Waals surface area contributed by atoms with Crippen molar-refractivity contribution in [3.63, 3.8) is 0 Å². The van der Waals surface area contributed by atoms with E-state index in [0.717, 1.165) is 4.57 Å². The summed E-state index contributed by atoms with van der Waals surface area (Å²) < 4.78 is 0.766. The lowest BCUT2D eigenvalue weighted by Gasteiger charge is -2.18. The molecule has 0 aliphatic carbocycles. The van der Waals surface area contributed by atoms with E-state index in [1.807, 2.05) is 0 Å². The van der Waals surface area contributed by atoms with E-state index >= 15 is 0 Å². The highest BCUT2D eigenvalue weighted by Gasteiger charge is 2.27. The fourth-order valence-corrected chi connectivity index (χ4v) is 2.28. The maximum atomic E-state index is 12.5. The molecule has 0 spiro atoms. The van der Waals surface area contributed by atoms with Gasteiger partial charge >= 0.3 is 11.7 Å². The summed E-state index contributed by atoms with van der Waals surface area (Å²) in [6.45, 7) is 4.98. The van der Waals surface area contributed by atoms with Gasteiger partial charge in [0.15, 0.2) is 0 Å². The Morgan fingerprint density at radius 2 is 2.00 bits per heavy atom. The minimum absolute atomic E-state index is 0.284. The number of rotatable bonds is 3. The number of pyridine rings is 1. The van der Waals surface area contributed by atoms with Crippen LogP contribution in [0.2, 0.25) is 0 Å². The number of H-pyrrole nitrogens is 1. The van der Waals surface area contributed by atoms with Gasteiger partial charge in [0, 0.05) is 6.20 Å². The monoisotopic (exact) mass is 277 g/mol. The average molecular weight is 277 g/mol. The quantitative estimate of drug-likeness (QED) is 0.858. The van der Waals surface area contributed by atoms with E-state index in [1.165, 1.54) is 12.4 Å². The molecule has 0 aromatic carbocycles. The third-order valence-electron chi connectivity index (χ3n) is 3.19. The van der Waals surface area contributed by atoms with Gasteiger partial charge in [-0.1, -0.05) is 13.8 Å². The van der Waals surface area contributed by atoms with Crippen LogP contribution in [0.4, 0.5) is 0 Å². The Balaban J connectivity index is 2.91. The van der Waals surface area contributed by atoms with Crippen molar-refractivity contribution >= 4 is 16.9 Å². The van der Waals surface area contributed by atoms with Crippen LogP contribution in [0.1, 0.15) is 25.5 Å². The third kappa shape index (κ3) is 2.11. The van der Waals surface area contributed by atoms with E-state index in [4.69, 9.17) is 0 Å². The van der Waals surface area contributed by atoms with Crippen molar-refractivity contribution in [2.24, 2.45) is 5.92 Å². The molecule has 0 radical (unpaired) electrons. The van der Waals surface area contributed by atoms with Crippen LogP contribution < -0.4 is 11.2 Å². The first-order chi connectivity index (χ1) is 9.34. The minimum Gasteiger partial charge on any atom is -0.480 e. The van der Waals surface area contributed by atoms with Gasteiger partial charge in [-0.05, 0) is 18.4 Å². The lowest BCUT2D eigenvalue weighted by Crippen LogP contribution is -2.43. The number of aliphatic carboxylic acids is 1. The number of fused-ring (bicyclic) bond motifs is 1. The molecule has 2 aromatic rings. The molecule has 0 unspecified atom stereocenters. The highest BCUT2D eigenvalue weighted by Crippen LogP contribution is 2.16. The van der Waals surface area contributed by atoms with E-state index < -0.39 is 29.2 Å². The first-order valence-corrected chi connectivity index (χ1v) is 6.16. The zero-order valence-corrected chi connectivity index (χ0v) is 11.4. The van der Waals surface area contributed by atoms with Crippen molar-refractivity contribution in [3.8, 4) is 0 Å². The molecule has 2 rings (SSSR count). The standard InChI is InChI=1S/C13H15N3O4/c1-6(2)10(12(18)19)16-11(17)9-7(3)4-14-5-8(9)15-13(16)20/h4-6,10H,1-3H3,(H,15,20)(H,18,19)/t10-/m0/s1. The average Bonchev–Trinajstić information content (AvgIpc) is 2.32. The first kappa shape index (κ1) is 14.0. The molecule has 2 N–H and O–H groups in total. The molecule has 1 atom stereocenters. The molecule has 7 heteroatoms. The van der Waals surface area contributed by atoms with Crippen LogP contribution >= 0.6 is 0 Å². The molecule has 0 bridgehead atoms. The largest absolute Gasteiger partial charge is 0.480 e. The van der Waals surface area contributed by atoms with E-state index in [-0.39, 0.29) is 5.39 Å². The molecular weight excluding hydrogens is 262 g/mol. The maximum absolute atomic E-state index is 12.5. The minimum atomic E-state index is -1.21. The maximum Gasteiger partial charge on any atom is 0.329 e. The molecule has 7 nitrogen and oxygen atoms in total. The molecule has 0 aliphatic rings. The molecule has 0 fully saturated rings. The van der Waals surface area contributed by atoms with Crippen LogP contribution in [0.15, 0.2) is 22.0 Å². The van der Waals surface area contributed by atoms with Crippen LogP contribution in [-0.2, 0) is 4.79 Å². The molecule has 2 heterocycles. The topological polar surface area (TPSA) is 105 Å². The van der Waals surface area contributed by atoms with Gasteiger partial charge in [0.2, 0.25) is 0 Å². The van der Waals surface area contributed by atoms with Crippen LogP contribution in [0.25, 0.3) is 10.9 Å². The number of nitrogens with zero attached hydrogens (tertiary/aromatic N) is 2. The van der Waals surface area contributed by atoms with Gasteiger partial charge in [0.25, 0.3) is 5.56 Å². The summed E-state index contributed by atoms with van der Waals surface area (Å²) in [6.07, 6.45) is 2.87. The molecule has 106 valence electrons. The number of aromatic amines is 1. The van der Waals surface area contributed by atoms with Gasteiger partial charge < -0.3 is 10.1 Å². The Kier molecular flexibility index (Phi) is 3.44. The zero-order chi connectivity index (χ0) is 15.0. The van der Waals surface area contributed by atoms with Gasteiger partial charge in [-0.25, -0.2) is 14.2 Å². The van der Waals surface area contributed by atoms with Gasteiger partial charge in [0.1, 0.15) is 6.04 Å². The summed E-state index contributed by atoms with van der Waals surface area (Å²) in [4.78, 5) is 42.3. The van der Waals surface area contributed by atoms with Gasteiger partial charge in [-0.15, -0.1) is 0 Å². The molecule has 20 heavy (non-hydrogen) atoms. The van der Waals surface area contributed by atoms with Crippen molar-refractivity contribution in [1.29, 1.82) is 0 Å². The predicted molar refractivity (Wildman–Crippen MR) is 72.9 cm³/mol. The lowest BCUT2D eigenvalue weighted by atomic mass is 10.0. The Labute approximate surface area is 113 Å². The number of nitrogens with one attached hydrogen (secondary N) is 1. The number of aromatic nitrogens is 3. The Morgan fingerprint density at radius 1 is 1.35 bits per heavy atom. The molecular formula is C13H15N3O4. The number of carbonyl (C=O) groups is 1. The predicted octanol–water partition coefficient (Wildman–Crippen LogP) is 0.675. The number of carboxylic acid groups (broad SMARTS) is 1. The van der Waals surface area contributed by atoms with Crippen LogP contribution in [0.5, 0.6) is 0 Å². The molecule has 0 amide bonds. The lowest BCUT2D eigenvalue weighted by molar-refractivity contribution is -0.142. The van der Waals surface area contributed by atoms with Crippen molar-refractivity contribution in [1.82, 2.24) is 14.5 Å². The zero-order valence-electron chi connectivity index (χ0n) is 11.4. The number of aryl methyl sites for hydroxylation is 1. The Hall–Kier alpha value is -2.44. The van der Waals surface area contributed by atoms with Crippen LogP contribution in [0, 0.1) is 12.8 Å². The second kappa shape index (κ2) is 4.92. The summed E-state index contributed by atoms with van der Waals surface area (Å²) in [6, 6.07) is -1.21. The van der Waals surface area contributed by atoms with Crippen molar-refractivity contribution in [2.45, 2.75) is 26.8 Å². The summed E-state index contributed by atoms with van der Waals surface area (Å²) in [5.41, 5.74) is -0.449. The normalized spacial score (nSPS) is 12.8. The highest BCUT2D eigenvalue weighted by molar-refractivity contribution is 5.80. The third-order valence-corrected chi connectivity index (χ3v) is 3.19. The smallest absolute Gasteiger partial charge is 0.329 e. The summed E-state index contributed by atoms with van der Waals surface area (Å²) in [7, 11) is 0. The van der Waals surface area contributed by atoms with Gasteiger partial charge in [-0.2, -0.15) is 0 Å². The summed E-state index contributed by atoms with van der Waals surface area (Å²) in [5, 5.41) is 9.55. The molecule has 2 aromatic heterocycles. The number of hydrogen-bond donors (Lipinski definition) is 2. The number of hydrogen-bond acceptors (Lipinski definition) is 4. The van der Waals surface area contributed by atoms with Crippen LogP contribution in [-0.4, -0.2) is 25.6 Å². The second-order valence-corrected chi connectivity index (χ2v) is 5.01.